The van der Waals surface area contributed by atoms with Gasteiger partial charge in [-0.3, -0.25) is 14.6 Å². The van der Waals surface area contributed by atoms with Crippen molar-refractivity contribution in [2.45, 2.75) is 58.5 Å². The minimum atomic E-state index is -0.0232. The highest BCUT2D eigenvalue weighted by Gasteiger charge is 2.28. The van der Waals surface area contributed by atoms with Crippen LogP contribution in [0.5, 0.6) is 0 Å². The summed E-state index contributed by atoms with van der Waals surface area (Å²) in [6.07, 6.45) is 6.33. The Labute approximate surface area is 172 Å². The zero-order chi connectivity index (χ0) is 20.4. The standard InChI is InChI=1S/C24H29N3O2/c1-16-11-22(17(2)25-13-16)24(29)26-21-9-7-18(8-10-21)14-27-15-20-6-4-3-5-19(20)12-23(27)28/h3-6,11,13,18,21H,7-10,12,14-15H2,1-2H3,(H,26,29)/t18-,21-. The van der Waals surface area contributed by atoms with Gasteiger partial charge >= 0.3 is 0 Å². The average molecular weight is 392 g/mol. The fourth-order valence-corrected chi connectivity index (χ4v) is 4.55. The summed E-state index contributed by atoms with van der Waals surface area (Å²) in [7, 11) is 0. The number of amides is 2. The smallest absolute Gasteiger partial charge is 0.253 e. The summed E-state index contributed by atoms with van der Waals surface area (Å²) >= 11 is 0. The third-order valence-corrected chi connectivity index (χ3v) is 6.30. The van der Waals surface area contributed by atoms with Crippen molar-refractivity contribution >= 4 is 11.8 Å². The Hall–Kier alpha value is -2.69. The van der Waals surface area contributed by atoms with Crippen LogP contribution in [0.4, 0.5) is 0 Å². The van der Waals surface area contributed by atoms with Gasteiger partial charge in [0, 0.05) is 31.0 Å². The molecular weight excluding hydrogens is 362 g/mol. The first-order valence-corrected chi connectivity index (χ1v) is 10.6. The van der Waals surface area contributed by atoms with E-state index >= 15 is 0 Å². The highest BCUT2D eigenvalue weighted by molar-refractivity contribution is 5.95. The summed E-state index contributed by atoms with van der Waals surface area (Å²) in [6.45, 7) is 5.38. The molecule has 1 aromatic heterocycles. The molecule has 29 heavy (non-hydrogen) atoms. The Morgan fingerprint density at radius 2 is 1.86 bits per heavy atom. The molecule has 0 radical (unpaired) electrons. The van der Waals surface area contributed by atoms with Crippen molar-refractivity contribution in [3.05, 3.63) is 64.5 Å². The molecule has 0 atom stereocenters. The number of hydrogen-bond acceptors (Lipinski definition) is 3. The normalized spacial score (nSPS) is 21.6. The van der Waals surface area contributed by atoms with Crippen LogP contribution in [0.15, 0.2) is 36.5 Å². The van der Waals surface area contributed by atoms with Crippen molar-refractivity contribution < 1.29 is 9.59 Å². The van der Waals surface area contributed by atoms with Crippen LogP contribution in [-0.4, -0.2) is 34.3 Å². The number of aryl methyl sites for hydroxylation is 2. The molecule has 2 heterocycles. The Balaban J connectivity index is 1.29. The van der Waals surface area contributed by atoms with E-state index in [0.29, 0.717) is 17.9 Å². The van der Waals surface area contributed by atoms with Crippen molar-refractivity contribution in [2.24, 2.45) is 5.92 Å². The number of carbonyl (C=O) groups is 2. The molecule has 5 nitrogen and oxygen atoms in total. The van der Waals surface area contributed by atoms with Crippen LogP contribution in [0, 0.1) is 19.8 Å². The van der Waals surface area contributed by atoms with E-state index in [9.17, 15) is 9.59 Å². The molecule has 1 fully saturated rings. The van der Waals surface area contributed by atoms with E-state index < -0.39 is 0 Å². The molecule has 4 rings (SSSR count). The van der Waals surface area contributed by atoms with Gasteiger partial charge in [-0.05, 0) is 68.2 Å². The van der Waals surface area contributed by atoms with Gasteiger partial charge in [0.25, 0.3) is 5.91 Å². The molecule has 1 saturated carbocycles. The summed E-state index contributed by atoms with van der Waals surface area (Å²) < 4.78 is 0. The molecule has 5 heteroatoms. The number of rotatable bonds is 4. The molecule has 1 aliphatic carbocycles. The van der Waals surface area contributed by atoms with Gasteiger partial charge in [-0.25, -0.2) is 0 Å². The molecule has 1 aliphatic heterocycles. The first kappa shape index (κ1) is 19.6. The lowest BCUT2D eigenvalue weighted by molar-refractivity contribution is -0.132. The predicted molar refractivity (Wildman–Crippen MR) is 112 cm³/mol. The topological polar surface area (TPSA) is 62.3 Å². The molecule has 0 bridgehead atoms. The van der Waals surface area contributed by atoms with Crippen molar-refractivity contribution in [2.75, 3.05) is 6.54 Å². The second-order valence-corrected chi connectivity index (χ2v) is 8.56. The van der Waals surface area contributed by atoms with Crippen LogP contribution in [-0.2, 0) is 17.8 Å². The van der Waals surface area contributed by atoms with Crippen LogP contribution < -0.4 is 5.32 Å². The molecule has 152 valence electrons. The van der Waals surface area contributed by atoms with Gasteiger partial charge in [0.15, 0.2) is 0 Å². The first-order chi connectivity index (χ1) is 14.0. The quantitative estimate of drug-likeness (QED) is 0.867. The van der Waals surface area contributed by atoms with E-state index in [1.807, 2.05) is 36.9 Å². The van der Waals surface area contributed by atoms with Gasteiger partial charge in [0.2, 0.25) is 5.91 Å². The maximum atomic E-state index is 12.6. The number of nitrogens with zero attached hydrogens (tertiary/aromatic N) is 2. The Bertz CT molecular complexity index is 916. The highest BCUT2D eigenvalue weighted by atomic mass is 16.2. The maximum Gasteiger partial charge on any atom is 0.253 e. The van der Waals surface area contributed by atoms with Gasteiger partial charge in [-0.1, -0.05) is 24.3 Å². The van der Waals surface area contributed by atoms with E-state index in [-0.39, 0.29) is 17.9 Å². The van der Waals surface area contributed by atoms with Crippen molar-refractivity contribution in [1.82, 2.24) is 15.2 Å². The lowest BCUT2D eigenvalue weighted by Crippen LogP contribution is -2.42. The summed E-state index contributed by atoms with van der Waals surface area (Å²) in [4.78, 5) is 31.5. The van der Waals surface area contributed by atoms with Gasteiger partial charge in [0.1, 0.15) is 0 Å². The first-order valence-electron chi connectivity index (χ1n) is 10.6. The third kappa shape index (κ3) is 4.50. The molecule has 2 aliphatic rings. The van der Waals surface area contributed by atoms with Crippen LogP contribution in [0.1, 0.15) is 58.4 Å². The van der Waals surface area contributed by atoms with E-state index in [2.05, 4.69) is 22.4 Å². The van der Waals surface area contributed by atoms with Crippen LogP contribution in [0.2, 0.25) is 0 Å². The minimum absolute atomic E-state index is 0.0232. The van der Waals surface area contributed by atoms with Gasteiger partial charge in [-0.15, -0.1) is 0 Å². The Morgan fingerprint density at radius 3 is 2.62 bits per heavy atom. The van der Waals surface area contributed by atoms with E-state index in [1.54, 1.807) is 6.20 Å². The number of benzene rings is 1. The Morgan fingerprint density at radius 1 is 1.14 bits per heavy atom. The predicted octanol–water partition coefficient (Wildman–Crippen LogP) is 3.57. The molecule has 0 saturated heterocycles. The molecular formula is C24H29N3O2. The highest BCUT2D eigenvalue weighted by Crippen LogP contribution is 2.28. The summed E-state index contributed by atoms with van der Waals surface area (Å²) in [5, 5.41) is 3.19. The number of pyridine rings is 1. The fourth-order valence-electron chi connectivity index (χ4n) is 4.55. The van der Waals surface area contributed by atoms with Crippen LogP contribution >= 0.6 is 0 Å². The number of carbonyl (C=O) groups excluding carboxylic acids is 2. The number of aromatic nitrogens is 1. The second kappa shape index (κ2) is 8.36. The lowest BCUT2D eigenvalue weighted by Gasteiger charge is -2.35. The molecule has 2 amide bonds. The largest absolute Gasteiger partial charge is 0.349 e. The molecule has 1 aromatic carbocycles. The molecule has 1 N–H and O–H groups in total. The number of hydrogen-bond donors (Lipinski definition) is 1. The monoisotopic (exact) mass is 391 g/mol. The van der Waals surface area contributed by atoms with Crippen molar-refractivity contribution in [1.29, 1.82) is 0 Å². The van der Waals surface area contributed by atoms with Crippen molar-refractivity contribution in [3.8, 4) is 0 Å². The fraction of sp³-hybridized carbons (Fsp3) is 0.458. The zero-order valence-electron chi connectivity index (χ0n) is 17.3. The summed E-state index contributed by atoms with van der Waals surface area (Å²) in [5.74, 6) is 0.728. The van der Waals surface area contributed by atoms with E-state index in [0.717, 1.165) is 50.0 Å². The number of fused-ring (bicyclic) bond motifs is 1. The Kier molecular flexibility index (Phi) is 5.65. The minimum Gasteiger partial charge on any atom is -0.349 e. The molecule has 0 unspecified atom stereocenters. The van der Waals surface area contributed by atoms with Gasteiger partial charge < -0.3 is 10.2 Å². The molecule has 2 aromatic rings. The van der Waals surface area contributed by atoms with E-state index in [4.69, 9.17) is 0 Å². The number of nitrogens with one attached hydrogen (secondary N) is 1. The van der Waals surface area contributed by atoms with Crippen molar-refractivity contribution in [3.63, 3.8) is 0 Å². The zero-order valence-corrected chi connectivity index (χ0v) is 17.3. The van der Waals surface area contributed by atoms with Gasteiger partial charge in [-0.2, -0.15) is 0 Å². The second-order valence-electron chi connectivity index (χ2n) is 8.56. The molecule has 0 spiro atoms. The summed E-state index contributed by atoms with van der Waals surface area (Å²) in [5.41, 5.74) is 4.88. The average Bonchev–Trinajstić information content (AvgIpc) is 2.71. The van der Waals surface area contributed by atoms with Crippen LogP contribution in [0.25, 0.3) is 0 Å². The maximum absolute atomic E-state index is 12.6. The van der Waals surface area contributed by atoms with E-state index in [1.165, 1.54) is 11.1 Å². The van der Waals surface area contributed by atoms with Crippen LogP contribution in [0.3, 0.4) is 0 Å². The lowest BCUT2D eigenvalue weighted by atomic mass is 9.85. The third-order valence-electron chi connectivity index (χ3n) is 6.30. The summed E-state index contributed by atoms with van der Waals surface area (Å²) in [6, 6.07) is 10.4. The SMILES string of the molecule is Cc1cnc(C)c(C(=O)N[C@H]2CC[C@H](CN3Cc4ccccc4CC3=O)CC2)c1. The van der Waals surface area contributed by atoms with Gasteiger partial charge in [0.05, 0.1) is 12.0 Å².